The lowest BCUT2D eigenvalue weighted by Crippen LogP contribution is -2.14. The van der Waals surface area contributed by atoms with E-state index in [0.717, 1.165) is 6.54 Å². The van der Waals surface area contributed by atoms with Crippen molar-refractivity contribution in [3.63, 3.8) is 0 Å². The number of thiol groups is 1. The van der Waals surface area contributed by atoms with E-state index in [1.807, 2.05) is 0 Å². The van der Waals surface area contributed by atoms with Gasteiger partial charge in [-0.25, -0.2) is 11.1 Å². The van der Waals surface area contributed by atoms with Crippen molar-refractivity contribution < 1.29 is 5.11 Å². The molecular formula is C10H17ClN2OS. The zero-order valence-electron chi connectivity index (χ0n) is 8.94. The molecule has 2 N–H and O–H groups in total. The standard InChI is InChI=1S/C10H17ClN2OS/c1-15(2)13-6-5-10(14)9-4-3-8(11)7-12-9/h3-4,7,10,13-15H,5-6H2,1-2H3. The molecule has 1 aromatic heterocycles. The van der Waals surface area contributed by atoms with Gasteiger partial charge in [-0.05, 0) is 31.1 Å². The fourth-order valence-corrected chi connectivity index (χ4v) is 1.85. The van der Waals surface area contributed by atoms with Gasteiger partial charge in [-0.2, -0.15) is 0 Å². The Morgan fingerprint density at radius 1 is 1.53 bits per heavy atom. The van der Waals surface area contributed by atoms with Gasteiger partial charge in [0, 0.05) is 12.7 Å². The average molecular weight is 249 g/mol. The first-order chi connectivity index (χ1) is 7.09. The van der Waals surface area contributed by atoms with Gasteiger partial charge in [-0.1, -0.05) is 11.6 Å². The second-order valence-corrected chi connectivity index (χ2v) is 6.05. The lowest BCUT2D eigenvalue weighted by Gasteiger charge is -2.14. The summed E-state index contributed by atoms with van der Waals surface area (Å²) in [6, 6.07) is 3.50. The average Bonchev–Trinajstić information content (AvgIpc) is 2.18. The molecule has 0 amide bonds. The Balaban J connectivity index is 2.40. The zero-order valence-corrected chi connectivity index (χ0v) is 10.6. The van der Waals surface area contributed by atoms with Crippen LogP contribution in [0.2, 0.25) is 5.02 Å². The molecule has 0 bridgehead atoms. The van der Waals surface area contributed by atoms with Gasteiger partial charge in [-0.15, -0.1) is 0 Å². The number of aliphatic hydroxyl groups excluding tert-OH is 1. The van der Waals surface area contributed by atoms with Crippen LogP contribution in [0, 0.1) is 0 Å². The quantitative estimate of drug-likeness (QED) is 0.698. The predicted octanol–water partition coefficient (Wildman–Crippen LogP) is 1.92. The molecule has 0 fully saturated rings. The monoisotopic (exact) mass is 248 g/mol. The topological polar surface area (TPSA) is 45.1 Å². The third-order valence-corrected chi connectivity index (χ3v) is 3.02. The number of aromatic nitrogens is 1. The summed E-state index contributed by atoms with van der Waals surface area (Å²) in [6.45, 7) is 0.810. The first-order valence-corrected chi connectivity index (χ1v) is 7.41. The summed E-state index contributed by atoms with van der Waals surface area (Å²) in [6.07, 6.45) is 6.00. The molecule has 0 aliphatic carbocycles. The van der Waals surface area contributed by atoms with Crippen LogP contribution in [0.15, 0.2) is 18.3 Å². The van der Waals surface area contributed by atoms with Crippen molar-refractivity contribution in [2.75, 3.05) is 19.1 Å². The minimum absolute atomic E-state index is 0.108. The number of rotatable bonds is 5. The Morgan fingerprint density at radius 2 is 2.27 bits per heavy atom. The summed E-state index contributed by atoms with van der Waals surface area (Å²) < 4.78 is 3.31. The third kappa shape index (κ3) is 4.84. The highest BCUT2D eigenvalue weighted by molar-refractivity contribution is 8.14. The first kappa shape index (κ1) is 12.8. The van der Waals surface area contributed by atoms with Crippen molar-refractivity contribution in [2.45, 2.75) is 12.5 Å². The van der Waals surface area contributed by atoms with Gasteiger partial charge in [-0.3, -0.25) is 9.71 Å². The van der Waals surface area contributed by atoms with E-state index in [1.165, 1.54) is 0 Å². The van der Waals surface area contributed by atoms with Crippen LogP contribution in [-0.4, -0.2) is 29.1 Å². The van der Waals surface area contributed by atoms with E-state index in [1.54, 1.807) is 18.3 Å². The smallest absolute Gasteiger partial charge is 0.0972 e. The molecule has 5 heteroatoms. The summed E-state index contributed by atoms with van der Waals surface area (Å²) in [5.74, 6) is 0. The largest absolute Gasteiger partial charge is 0.387 e. The molecule has 0 saturated heterocycles. The maximum Gasteiger partial charge on any atom is 0.0972 e. The maximum atomic E-state index is 9.79. The molecule has 15 heavy (non-hydrogen) atoms. The molecule has 0 aliphatic heterocycles. The molecule has 0 radical (unpaired) electrons. The second-order valence-electron chi connectivity index (χ2n) is 3.51. The fourth-order valence-electron chi connectivity index (χ4n) is 1.16. The number of nitrogens with one attached hydrogen (secondary N) is 1. The van der Waals surface area contributed by atoms with Crippen molar-refractivity contribution in [1.29, 1.82) is 0 Å². The molecule has 0 saturated carbocycles. The molecule has 1 heterocycles. The predicted molar refractivity (Wildman–Crippen MR) is 67.7 cm³/mol. The Labute approximate surface area is 98.3 Å². The molecule has 3 nitrogen and oxygen atoms in total. The third-order valence-electron chi connectivity index (χ3n) is 1.94. The van der Waals surface area contributed by atoms with E-state index in [9.17, 15) is 5.11 Å². The minimum Gasteiger partial charge on any atom is -0.387 e. The van der Waals surface area contributed by atoms with Crippen LogP contribution >= 0.6 is 22.7 Å². The van der Waals surface area contributed by atoms with Crippen LogP contribution in [-0.2, 0) is 0 Å². The van der Waals surface area contributed by atoms with Gasteiger partial charge in [0.2, 0.25) is 0 Å². The highest BCUT2D eigenvalue weighted by Crippen LogP contribution is 2.16. The minimum atomic E-state index is -0.510. The summed E-state index contributed by atoms with van der Waals surface area (Å²) in [4.78, 5) is 4.07. The van der Waals surface area contributed by atoms with Gasteiger partial charge >= 0.3 is 0 Å². The van der Waals surface area contributed by atoms with Crippen LogP contribution in [0.25, 0.3) is 0 Å². The summed E-state index contributed by atoms with van der Waals surface area (Å²) in [7, 11) is 0. The van der Waals surface area contributed by atoms with E-state index in [2.05, 4.69) is 22.2 Å². The SMILES string of the molecule is C[SH](C)NCCC(O)c1ccc(Cl)cn1. The van der Waals surface area contributed by atoms with E-state index in [-0.39, 0.29) is 11.1 Å². The Hall–Kier alpha value is -0.290. The van der Waals surface area contributed by atoms with Crippen LogP contribution in [0.4, 0.5) is 0 Å². The summed E-state index contributed by atoms with van der Waals surface area (Å²) >= 11 is 5.60. The number of hydrogen-bond donors (Lipinski definition) is 3. The van der Waals surface area contributed by atoms with Gasteiger partial charge in [0.25, 0.3) is 0 Å². The molecule has 1 unspecified atom stereocenters. The Bertz CT molecular complexity index is 292. The number of aliphatic hydroxyl groups is 1. The molecule has 1 rings (SSSR count). The highest BCUT2D eigenvalue weighted by atomic mass is 35.5. The Morgan fingerprint density at radius 3 is 2.80 bits per heavy atom. The molecule has 0 aromatic carbocycles. The normalized spacial score (nSPS) is 13.7. The van der Waals surface area contributed by atoms with Crippen molar-refractivity contribution in [1.82, 2.24) is 9.71 Å². The van der Waals surface area contributed by atoms with Crippen LogP contribution in [0.3, 0.4) is 0 Å². The van der Waals surface area contributed by atoms with Crippen LogP contribution in [0.5, 0.6) is 0 Å². The van der Waals surface area contributed by atoms with Crippen LogP contribution < -0.4 is 4.72 Å². The van der Waals surface area contributed by atoms with Crippen molar-refractivity contribution in [3.05, 3.63) is 29.0 Å². The van der Waals surface area contributed by atoms with Gasteiger partial charge in [0.1, 0.15) is 0 Å². The van der Waals surface area contributed by atoms with E-state index >= 15 is 0 Å². The highest BCUT2D eigenvalue weighted by Gasteiger charge is 2.08. The van der Waals surface area contributed by atoms with E-state index in [4.69, 9.17) is 11.6 Å². The van der Waals surface area contributed by atoms with E-state index in [0.29, 0.717) is 17.1 Å². The number of halogens is 1. The molecule has 0 aliphatic rings. The molecule has 86 valence electrons. The number of pyridine rings is 1. The number of nitrogens with zero attached hydrogens (tertiary/aromatic N) is 1. The lowest BCUT2D eigenvalue weighted by molar-refractivity contribution is 0.164. The van der Waals surface area contributed by atoms with Gasteiger partial charge in [0.15, 0.2) is 0 Å². The molecule has 1 atom stereocenters. The van der Waals surface area contributed by atoms with Crippen molar-refractivity contribution >= 4 is 22.7 Å². The second kappa shape index (κ2) is 6.33. The van der Waals surface area contributed by atoms with Gasteiger partial charge < -0.3 is 5.11 Å². The maximum absolute atomic E-state index is 9.79. The van der Waals surface area contributed by atoms with E-state index < -0.39 is 6.10 Å². The molecule has 1 aromatic rings. The first-order valence-electron chi connectivity index (χ1n) is 4.80. The van der Waals surface area contributed by atoms with Crippen molar-refractivity contribution in [3.8, 4) is 0 Å². The molecule has 0 spiro atoms. The van der Waals surface area contributed by atoms with Crippen LogP contribution in [0.1, 0.15) is 18.2 Å². The molecular weight excluding hydrogens is 232 g/mol. The summed E-state index contributed by atoms with van der Waals surface area (Å²) in [5, 5.41) is 10.4. The lowest BCUT2D eigenvalue weighted by atomic mass is 10.2. The zero-order chi connectivity index (χ0) is 11.3. The number of hydrogen-bond acceptors (Lipinski definition) is 3. The van der Waals surface area contributed by atoms with Crippen molar-refractivity contribution in [2.24, 2.45) is 0 Å². The summed E-state index contributed by atoms with van der Waals surface area (Å²) in [5.41, 5.74) is 0.678. The fraction of sp³-hybridized carbons (Fsp3) is 0.500. The van der Waals surface area contributed by atoms with Gasteiger partial charge in [0.05, 0.1) is 16.8 Å². The Kier molecular flexibility index (Phi) is 5.39.